The fraction of sp³-hybridized carbons (Fsp3) is 0.278. The zero-order valence-corrected chi connectivity index (χ0v) is 13.0. The molecule has 2 aromatic rings. The number of rotatable bonds is 3. The first-order valence-corrected chi connectivity index (χ1v) is 7.32. The van der Waals surface area contributed by atoms with E-state index in [2.05, 4.69) is 5.32 Å². The highest BCUT2D eigenvalue weighted by Gasteiger charge is 2.18. The van der Waals surface area contributed by atoms with E-state index >= 15 is 0 Å². The predicted molar refractivity (Wildman–Crippen MR) is 84.4 cm³/mol. The molecule has 1 aliphatic rings. The molecule has 1 heterocycles. The molecule has 0 fully saturated rings. The lowest BCUT2D eigenvalue weighted by Gasteiger charge is -2.16. The summed E-state index contributed by atoms with van der Waals surface area (Å²) in [5.74, 6) is 1.41. The molecule has 1 amide bonds. The Labute approximate surface area is 130 Å². The second-order valence-electron chi connectivity index (χ2n) is 5.63. The van der Waals surface area contributed by atoms with Crippen molar-refractivity contribution in [3.8, 4) is 11.5 Å². The van der Waals surface area contributed by atoms with Gasteiger partial charge in [-0.15, -0.1) is 0 Å². The molecule has 0 radical (unpaired) electrons. The van der Waals surface area contributed by atoms with Gasteiger partial charge in [-0.1, -0.05) is 23.8 Å². The zero-order valence-electron chi connectivity index (χ0n) is 13.0. The number of carbonyl (C=O) groups is 1. The minimum atomic E-state index is -0.109. The summed E-state index contributed by atoms with van der Waals surface area (Å²) in [7, 11) is 0. The smallest absolute Gasteiger partial charge is 0.252 e. The third kappa shape index (κ3) is 2.77. The third-order valence-corrected chi connectivity index (χ3v) is 3.88. The summed E-state index contributed by atoms with van der Waals surface area (Å²) < 4.78 is 10.7. The lowest BCUT2D eigenvalue weighted by molar-refractivity contribution is 0.0939. The molecule has 1 unspecified atom stereocenters. The molecule has 3 rings (SSSR count). The summed E-state index contributed by atoms with van der Waals surface area (Å²) in [5.41, 5.74) is 3.75. The van der Waals surface area contributed by atoms with Crippen molar-refractivity contribution in [2.45, 2.75) is 26.8 Å². The number of carbonyl (C=O) groups excluding carboxylic acids is 1. The van der Waals surface area contributed by atoms with Crippen molar-refractivity contribution >= 4 is 5.91 Å². The summed E-state index contributed by atoms with van der Waals surface area (Å²) in [6.07, 6.45) is 0. The highest BCUT2D eigenvalue weighted by Crippen LogP contribution is 2.34. The molecule has 1 N–H and O–H groups in total. The Bertz CT molecular complexity index is 724. The zero-order chi connectivity index (χ0) is 15.7. The normalized spacial score (nSPS) is 13.8. The van der Waals surface area contributed by atoms with Crippen molar-refractivity contribution in [1.82, 2.24) is 5.32 Å². The summed E-state index contributed by atoms with van der Waals surface area (Å²) in [6, 6.07) is 11.5. The SMILES string of the molecule is Cc1ccc(C)c(C(=O)NC(C)c2ccc3c(c2)OCO3)c1. The molecule has 1 aliphatic heterocycles. The van der Waals surface area contributed by atoms with Crippen LogP contribution in [0.25, 0.3) is 0 Å². The molecule has 2 aromatic carbocycles. The highest BCUT2D eigenvalue weighted by molar-refractivity contribution is 5.96. The van der Waals surface area contributed by atoms with Crippen molar-refractivity contribution in [2.24, 2.45) is 0 Å². The van der Waals surface area contributed by atoms with E-state index in [0.717, 1.165) is 28.2 Å². The maximum Gasteiger partial charge on any atom is 0.252 e. The van der Waals surface area contributed by atoms with Crippen molar-refractivity contribution < 1.29 is 14.3 Å². The summed E-state index contributed by atoms with van der Waals surface area (Å²) >= 11 is 0. The van der Waals surface area contributed by atoms with Crippen molar-refractivity contribution in [3.63, 3.8) is 0 Å². The van der Waals surface area contributed by atoms with Crippen molar-refractivity contribution in [3.05, 3.63) is 58.7 Å². The number of ether oxygens (including phenoxy) is 2. The lowest BCUT2D eigenvalue weighted by atomic mass is 10.0. The van der Waals surface area contributed by atoms with Gasteiger partial charge in [0, 0.05) is 5.56 Å². The number of aryl methyl sites for hydroxylation is 2. The van der Waals surface area contributed by atoms with Crippen LogP contribution in [0.15, 0.2) is 36.4 Å². The van der Waals surface area contributed by atoms with Crippen LogP contribution in [0.5, 0.6) is 11.5 Å². The molecule has 0 spiro atoms. The first kappa shape index (κ1) is 14.4. The minimum absolute atomic E-state index is 0.0635. The maximum atomic E-state index is 12.5. The van der Waals surface area contributed by atoms with Gasteiger partial charge < -0.3 is 14.8 Å². The van der Waals surface area contributed by atoms with Gasteiger partial charge in [-0.2, -0.15) is 0 Å². The minimum Gasteiger partial charge on any atom is -0.454 e. The molecule has 22 heavy (non-hydrogen) atoms. The predicted octanol–water partition coefficient (Wildman–Crippen LogP) is 3.52. The van der Waals surface area contributed by atoms with Gasteiger partial charge in [0.05, 0.1) is 6.04 Å². The van der Waals surface area contributed by atoms with E-state index in [4.69, 9.17) is 9.47 Å². The van der Waals surface area contributed by atoms with Crippen molar-refractivity contribution in [1.29, 1.82) is 0 Å². The van der Waals surface area contributed by atoms with E-state index in [-0.39, 0.29) is 18.7 Å². The Morgan fingerprint density at radius 1 is 1.09 bits per heavy atom. The topological polar surface area (TPSA) is 47.6 Å². The fourth-order valence-corrected chi connectivity index (χ4v) is 2.52. The van der Waals surface area contributed by atoms with E-state index in [9.17, 15) is 4.79 Å². The number of fused-ring (bicyclic) bond motifs is 1. The third-order valence-electron chi connectivity index (χ3n) is 3.88. The van der Waals surface area contributed by atoms with Crippen LogP contribution in [0.3, 0.4) is 0 Å². The summed E-state index contributed by atoms with van der Waals surface area (Å²) in [5, 5.41) is 3.04. The van der Waals surface area contributed by atoms with E-state index < -0.39 is 0 Å². The Morgan fingerprint density at radius 3 is 2.68 bits per heavy atom. The van der Waals surface area contributed by atoms with Gasteiger partial charge in [-0.3, -0.25) is 4.79 Å². The number of amides is 1. The second kappa shape index (κ2) is 5.72. The van der Waals surface area contributed by atoms with Crippen LogP contribution in [0.1, 0.15) is 40.0 Å². The number of nitrogens with one attached hydrogen (secondary N) is 1. The lowest BCUT2D eigenvalue weighted by Crippen LogP contribution is -2.27. The van der Waals surface area contributed by atoms with E-state index in [1.54, 1.807) is 0 Å². The molecule has 0 bridgehead atoms. The van der Waals surface area contributed by atoms with Crippen LogP contribution in [-0.2, 0) is 0 Å². The van der Waals surface area contributed by atoms with E-state index in [0.29, 0.717) is 5.56 Å². The van der Waals surface area contributed by atoms with Gasteiger partial charge in [-0.05, 0) is 50.1 Å². The Kier molecular flexibility index (Phi) is 3.75. The van der Waals surface area contributed by atoms with Crippen LogP contribution < -0.4 is 14.8 Å². The molecule has 0 saturated heterocycles. The quantitative estimate of drug-likeness (QED) is 0.943. The summed E-state index contributed by atoms with van der Waals surface area (Å²) in [6.45, 7) is 6.14. The monoisotopic (exact) mass is 297 g/mol. The largest absolute Gasteiger partial charge is 0.454 e. The first-order valence-electron chi connectivity index (χ1n) is 7.32. The van der Waals surface area contributed by atoms with Crippen LogP contribution in [0, 0.1) is 13.8 Å². The van der Waals surface area contributed by atoms with Gasteiger partial charge in [0.2, 0.25) is 6.79 Å². The Morgan fingerprint density at radius 2 is 1.86 bits per heavy atom. The second-order valence-corrected chi connectivity index (χ2v) is 5.63. The van der Waals surface area contributed by atoms with E-state index in [1.807, 2.05) is 57.2 Å². The van der Waals surface area contributed by atoms with Crippen LogP contribution in [-0.4, -0.2) is 12.7 Å². The molecule has 0 aliphatic carbocycles. The number of hydrogen-bond donors (Lipinski definition) is 1. The average Bonchev–Trinajstić information content (AvgIpc) is 2.97. The van der Waals surface area contributed by atoms with E-state index in [1.165, 1.54) is 0 Å². The molecule has 4 nitrogen and oxygen atoms in total. The number of hydrogen-bond acceptors (Lipinski definition) is 3. The molecule has 1 atom stereocenters. The van der Waals surface area contributed by atoms with Crippen LogP contribution in [0.2, 0.25) is 0 Å². The molecular weight excluding hydrogens is 278 g/mol. The van der Waals surface area contributed by atoms with Crippen molar-refractivity contribution in [2.75, 3.05) is 6.79 Å². The summed E-state index contributed by atoms with van der Waals surface area (Å²) in [4.78, 5) is 12.5. The first-order chi connectivity index (χ1) is 10.5. The molecule has 0 aromatic heterocycles. The molecule has 0 saturated carbocycles. The van der Waals surface area contributed by atoms with Crippen LogP contribution >= 0.6 is 0 Å². The molecule has 4 heteroatoms. The van der Waals surface area contributed by atoms with Gasteiger partial charge in [0.1, 0.15) is 0 Å². The van der Waals surface area contributed by atoms with Crippen LogP contribution in [0.4, 0.5) is 0 Å². The van der Waals surface area contributed by atoms with Gasteiger partial charge in [-0.25, -0.2) is 0 Å². The molecular formula is C18H19NO3. The number of benzene rings is 2. The average molecular weight is 297 g/mol. The highest BCUT2D eigenvalue weighted by atomic mass is 16.7. The standard InChI is InChI=1S/C18H19NO3/c1-11-4-5-12(2)15(8-11)18(20)19-13(3)14-6-7-16-17(9-14)22-10-21-16/h4-9,13H,10H2,1-3H3,(H,19,20). The Balaban J connectivity index is 1.77. The maximum absolute atomic E-state index is 12.5. The van der Waals surface area contributed by atoms with Gasteiger partial charge in [0.15, 0.2) is 11.5 Å². The fourth-order valence-electron chi connectivity index (χ4n) is 2.52. The van der Waals surface area contributed by atoms with Gasteiger partial charge in [0.25, 0.3) is 5.91 Å². The molecule has 114 valence electrons. The Hall–Kier alpha value is -2.49. The van der Waals surface area contributed by atoms with Gasteiger partial charge >= 0.3 is 0 Å².